The van der Waals surface area contributed by atoms with E-state index in [1.807, 2.05) is 19.3 Å². The summed E-state index contributed by atoms with van der Waals surface area (Å²) in [6.45, 7) is 0. The molecule has 1 N–H and O–H groups in total. The molecule has 1 aliphatic heterocycles. The van der Waals surface area contributed by atoms with Crippen molar-refractivity contribution in [2.24, 2.45) is 11.4 Å². The fourth-order valence-electron chi connectivity index (χ4n) is 3.58. The number of nitrogens with one attached hydrogen (secondary N) is 1. The monoisotopic (exact) mass is 485 g/mol. The Balaban J connectivity index is 1.44. The Labute approximate surface area is 194 Å². The van der Waals surface area contributed by atoms with Gasteiger partial charge in [-0.2, -0.15) is 13.5 Å². The van der Waals surface area contributed by atoms with E-state index in [0.717, 1.165) is 27.6 Å². The maximum atomic E-state index is 14.0. The number of aryl methyl sites for hydroxylation is 1. The lowest BCUT2D eigenvalue weighted by Crippen LogP contribution is -2.35. The maximum Gasteiger partial charge on any atom is 0.345 e. The number of halogens is 1. The summed E-state index contributed by atoms with van der Waals surface area (Å²) in [5, 5.41) is 6.84. The zero-order chi connectivity index (χ0) is 23.3. The third-order valence-corrected chi connectivity index (χ3v) is 8.00. The molecule has 0 spiro atoms. The Morgan fingerprint density at radius 3 is 2.64 bits per heavy atom. The Morgan fingerprint density at radius 1 is 1.18 bits per heavy atom. The van der Waals surface area contributed by atoms with Crippen LogP contribution in [0.5, 0.6) is 0 Å². The van der Waals surface area contributed by atoms with E-state index in [9.17, 15) is 17.6 Å². The first-order valence-corrected chi connectivity index (χ1v) is 12.4. The maximum absolute atomic E-state index is 14.0. The molecule has 1 fully saturated rings. The van der Waals surface area contributed by atoms with E-state index in [0.29, 0.717) is 16.1 Å². The number of amides is 1. The lowest BCUT2D eigenvalue weighted by atomic mass is 10.1. The Bertz CT molecular complexity index is 1430. The molecule has 3 heterocycles. The molecule has 33 heavy (non-hydrogen) atoms. The molecule has 0 radical (unpaired) electrons. The standard InChI is InChI=1S/C22H20FN5O3S2/c1-27-12-14(11-24-27)20-7-8-21(32-20)18-10-19(28(2)33(30,31)26-18)22(29)25-15-5-6-17(23)16(9-15)13-3-4-13/h5-13H,3-4H2,1-2H3,(H,25,29). The third kappa shape index (κ3) is 4.21. The van der Waals surface area contributed by atoms with Gasteiger partial charge in [-0.05, 0) is 60.7 Å². The molecule has 3 aromatic rings. The highest BCUT2D eigenvalue weighted by molar-refractivity contribution is 7.88. The van der Waals surface area contributed by atoms with Gasteiger partial charge in [0.15, 0.2) is 0 Å². The quantitative estimate of drug-likeness (QED) is 0.596. The van der Waals surface area contributed by atoms with E-state index in [-0.39, 0.29) is 23.1 Å². The van der Waals surface area contributed by atoms with Gasteiger partial charge in [0, 0.05) is 36.4 Å². The molecule has 1 aromatic carbocycles. The Morgan fingerprint density at radius 2 is 1.94 bits per heavy atom. The van der Waals surface area contributed by atoms with Gasteiger partial charge in [0.25, 0.3) is 5.91 Å². The van der Waals surface area contributed by atoms with Crippen molar-refractivity contribution in [3.63, 3.8) is 0 Å². The van der Waals surface area contributed by atoms with E-state index in [4.69, 9.17) is 0 Å². The van der Waals surface area contributed by atoms with Crippen molar-refractivity contribution in [3.05, 3.63) is 70.8 Å². The topological polar surface area (TPSA) is 96.7 Å². The van der Waals surface area contributed by atoms with Crippen LogP contribution in [-0.2, 0) is 22.1 Å². The van der Waals surface area contributed by atoms with Crippen LogP contribution in [-0.4, -0.2) is 41.2 Å². The van der Waals surface area contributed by atoms with E-state index < -0.39 is 16.1 Å². The zero-order valence-corrected chi connectivity index (χ0v) is 19.5. The number of hydrogen-bond acceptors (Lipinski definition) is 5. The largest absolute Gasteiger partial charge is 0.345 e. The SMILES string of the molecule is CN1C(C(=O)Nc2ccc(F)c(C3CC3)c2)=CC(c2ccc(-c3cnn(C)c3)s2)=NS1(=O)=O. The lowest BCUT2D eigenvalue weighted by Gasteiger charge is -2.23. The minimum Gasteiger partial charge on any atom is -0.321 e. The molecule has 0 bridgehead atoms. The van der Waals surface area contributed by atoms with Gasteiger partial charge in [-0.25, -0.2) is 8.70 Å². The smallest absolute Gasteiger partial charge is 0.321 e. The van der Waals surface area contributed by atoms with Crippen LogP contribution < -0.4 is 5.32 Å². The predicted octanol–water partition coefficient (Wildman–Crippen LogP) is 3.67. The molecule has 1 aliphatic carbocycles. The first kappa shape index (κ1) is 21.5. The number of likely N-dealkylation sites (N-methyl/N-ethyl adjacent to an activating group) is 1. The van der Waals surface area contributed by atoms with Crippen LogP contribution in [0.4, 0.5) is 10.1 Å². The van der Waals surface area contributed by atoms with Gasteiger partial charge in [0.2, 0.25) is 0 Å². The second-order valence-corrected chi connectivity index (χ2v) is 10.7. The summed E-state index contributed by atoms with van der Waals surface area (Å²) in [5.74, 6) is -0.750. The number of benzene rings is 1. The molecular formula is C22H20FN5O3S2. The molecule has 1 saturated carbocycles. The molecule has 5 rings (SSSR count). The highest BCUT2D eigenvalue weighted by Crippen LogP contribution is 2.42. The number of nitrogens with zero attached hydrogens (tertiary/aromatic N) is 4. The highest BCUT2D eigenvalue weighted by Gasteiger charge is 2.31. The van der Waals surface area contributed by atoms with Gasteiger partial charge >= 0.3 is 10.2 Å². The van der Waals surface area contributed by atoms with Crippen molar-refractivity contribution in [1.82, 2.24) is 14.1 Å². The van der Waals surface area contributed by atoms with Crippen LogP contribution in [0.15, 0.2) is 58.9 Å². The van der Waals surface area contributed by atoms with Crippen molar-refractivity contribution in [2.45, 2.75) is 18.8 Å². The number of rotatable bonds is 5. The second-order valence-electron chi connectivity index (χ2n) is 7.98. The molecule has 11 heteroatoms. The zero-order valence-electron chi connectivity index (χ0n) is 17.8. The van der Waals surface area contributed by atoms with E-state index in [1.165, 1.54) is 36.6 Å². The van der Waals surface area contributed by atoms with Crippen molar-refractivity contribution >= 4 is 38.9 Å². The summed E-state index contributed by atoms with van der Waals surface area (Å²) in [6.07, 6.45) is 6.86. The van der Waals surface area contributed by atoms with Crippen LogP contribution in [0.1, 0.15) is 29.2 Å². The highest BCUT2D eigenvalue weighted by atomic mass is 32.2. The molecule has 0 atom stereocenters. The van der Waals surface area contributed by atoms with E-state index in [1.54, 1.807) is 23.0 Å². The molecule has 1 amide bonds. The molecule has 2 aliphatic rings. The van der Waals surface area contributed by atoms with Gasteiger partial charge in [-0.3, -0.25) is 9.48 Å². The number of carbonyl (C=O) groups excluding carboxylic acids is 1. The third-order valence-electron chi connectivity index (χ3n) is 5.52. The molecule has 0 saturated heterocycles. The number of aromatic nitrogens is 2. The summed E-state index contributed by atoms with van der Waals surface area (Å²) >= 11 is 1.35. The number of carbonyl (C=O) groups is 1. The van der Waals surface area contributed by atoms with Gasteiger partial charge in [-0.1, -0.05) is 0 Å². The van der Waals surface area contributed by atoms with Crippen LogP contribution >= 0.6 is 11.3 Å². The minimum atomic E-state index is -4.09. The number of allylic oxidation sites excluding steroid dienone is 1. The van der Waals surface area contributed by atoms with Gasteiger partial charge in [0.05, 0.1) is 16.8 Å². The summed E-state index contributed by atoms with van der Waals surface area (Å²) in [5.41, 5.74) is 1.98. The van der Waals surface area contributed by atoms with E-state index >= 15 is 0 Å². The summed E-state index contributed by atoms with van der Waals surface area (Å²) in [6, 6.07) is 8.01. The lowest BCUT2D eigenvalue weighted by molar-refractivity contribution is -0.113. The fourth-order valence-corrected chi connectivity index (χ4v) is 5.49. The molecule has 170 valence electrons. The molecular weight excluding hydrogens is 465 g/mol. The van der Waals surface area contributed by atoms with Crippen molar-refractivity contribution < 1.29 is 17.6 Å². The van der Waals surface area contributed by atoms with Crippen LogP contribution in [0.25, 0.3) is 10.4 Å². The van der Waals surface area contributed by atoms with Crippen LogP contribution in [0, 0.1) is 5.82 Å². The summed E-state index contributed by atoms with van der Waals surface area (Å²) < 4.78 is 45.8. The van der Waals surface area contributed by atoms with Gasteiger partial charge in [0.1, 0.15) is 11.5 Å². The first-order chi connectivity index (χ1) is 15.7. The molecule has 8 nitrogen and oxygen atoms in total. The summed E-state index contributed by atoms with van der Waals surface area (Å²) in [7, 11) is -1.00. The van der Waals surface area contributed by atoms with Gasteiger partial charge in [-0.15, -0.1) is 15.7 Å². The Kier molecular flexibility index (Phi) is 5.17. The normalized spacial score (nSPS) is 17.5. The predicted molar refractivity (Wildman–Crippen MR) is 125 cm³/mol. The van der Waals surface area contributed by atoms with Crippen molar-refractivity contribution in [1.29, 1.82) is 0 Å². The molecule has 0 unspecified atom stereocenters. The van der Waals surface area contributed by atoms with Crippen LogP contribution in [0.3, 0.4) is 0 Å². The number of anilines is 1. The first-order valence-electron chi connectivity index (χ1n) is 10.2. The number of hydrogen-bond donors (Lipinski definition) is 1. The second kappa shape index (κ2) is 7.92. The van der Waals surface area contributed by atoms with Crippen molar-refractivity contribution in [2.75, 3.05) is 12.4 Å². The molecule has 2 aromatic heterocycles. The van der Waals surface area contributed by atoms with Crippen molar-refractivity contribution in [3.8, 4) is 10.4 Å². The summed E-state index contributed by atoms with van der Waals surface area (Å²) in [4.78, 5) is 14.5. The average molecular weight is 486 g/mol. The fraction of sp³-hybridized carbons (Fsp3) is 0.227. The minimum absolute atomic E-state index is 0.0753. The van der Waals surface area contributed by atoms with E-state index in [2.05, 4.69) is 14.8 Å². The Hall–Kier alpha value is -3.31. The average Bonchev–Trinajstić information content (AvgIpc) is 3.32. The van der Waals surface area contributed by atoms with Gasteiger partial charge < -0.3 is 5.32 Å². The number of thiophene rings is 1. The van der Waals surface area contributed by atoms with Crippen LogP contribution in [0.2, 0.25) is 0 Å².